The molecule has 0 atom stereocenters. The van der Waals surface area contributed by atoms with Crippen molar-refractivity contribution in [1.29, 1.82) is 0 Å². The number of carbonyl (C=O) groups excluding carboxylic acids is 1. The van der Waals surface area contributed by atoms with Crippen LogP contribution < -0.4 is 0 Å². The summed E-state index contributed by atoms with van der Waals surface area (Å²) in [6.07, 6.45) is 9.61. The number of carbonyl (C=O) groups is 1. The third kappa shape index (κ3) is 4.86. The fraction of sp³-hybridized carbons (Fsp3) is 0.923. The lowest BCUT2D eigenvalue weighted by molar-refractivity contribution is -0.135. The van der Waals surface area contributed by atoms with Crippen molar-refractivity contribution < 1.29 is 4.79 Å². The summed E-state index contributed by atoms with van der Waals surface area (Å²) >= 11 is 3.43. The van der Waals surface area contributed by atoms with Crippen molar-refractivity contribution in [3.05, 3.63) is 0 Å². The molecule has 0 N–H and O–H groups in total. The third-order valence-corrected chi connectivity index (χ3v) is 4.02. The van der Waals surface area contributed by atoms with E-state index >= 15 is 0 Å². The van der Waals surface area contributed by atoms with Gasteiger partial charge in [-0.15, -0.1) is 0 Å². The van der Waals surface area contributed by atoms with Gasteiger partial charge in [0.1, 0.15) is 0 Å². The summed E-state index contributed by atoms with van der Waals surface area (Å²) in [5.41, 5.74) is 0. The number of hydrogen-bond donors (Lipinski definition) is 0. The van der Waals surface area contributed by atoms with Gasteiger partial charge < -0.3 is 4.90 Å². The number of alkyl halides is 1. The van der Waals surface area contributed by atoms with Crippen LogP contribution in [0, 0.1) is 5.92 Å². The first-order valence-electron chi connectivity index (χ1n) is 6.56. The highest BCUT2D eigenvalue weighted by Gasteiger charge is 2.23. The minimum Gasteiger partial charge on any atom is -0.346 e. The standard InChI is InChI=1S/C13H24BrNO/c1-15(11-7-3-6-10-14)13(16)12-8-4-2-5-9-12/h12H,2-11H2,1H3. The van der Waals surface area contributed by atoms with Crippen LogP contribution in [0.5, 0.6) is 0 Å². The zero-order chi connectivity index (χ0) is 11.8. The smallest absolute Gasteiger partial charge is 0.225 e. The van der Waals surface area contributed by atoms with Gasteiger partial charge in [0, 0.05) is 24.8 Å². The van der Waals surface area contributed by atoms with Crippen molar-refractivity contribution in [3.8, 4) is 0 Å². The third-order valence-electron chi connectivity index (χ3n) is 3.46. The minimum atomic E-state index is 0.329. The summed E-state index contributed by atoms with van der Waals surface area (Å²) in [5.74, 6) is 0.716. The molecule has 1 amide bonds. The van der Waals surface area contributed by atoms with E-state index < -0.39 is 0 Å². The Morgan fingerprint density at radius 3 is 2.50 bits per heavy atom. The lowest BCUT2D eigenvalue weighted by Crippen LogP contribution is -2.34. The predicted octanol–water partition coefficient (Wildman–Crippen LogP) is 3.59. The molecule has 2 nitrogen and oxygen atoms in total. The second kappa shape index (κ2) is 8.10. The molecule has 0 spiro atoms. The first-order chi connectivity index (χ1) is 7.75. The van der Waals surface area contributed by atoms with E-state index in [4.69, 9.17) is 0 Å². The maximum Gasteiger partial charge on any atom is 0.225 e. The monoisotopic (exact) mass is 289 g/mol. The Bertz CT molecular complexity index is 202. The normalized spacial score (nSPS) is 17.4. The van der Waals surface area contributed by atoms with Crippen molar-refractivity contribution in [2.24, 2.45) is 5.92 Å². The number of unbranched alkanes of at least 4 members (excludes halogenated alkanes) is 2. The maximum absolute atomic E-state index is 12.1. The molecule has 0 aliphatic heterocycles. The van der Waals surface area contributed by atoms with Gasteiger partial charge in [-0.2, -0.15) is 0 Å². The van der Waals surface area contributed by atoms with Crippen molar-refractivity contribution in [2.75, 3.05) is 18.9 Å². The summed E-state index contributed by atoms with van der Waals surface area (Å²) in [6, 6.07) is 0. The van der Waals surface area contributed by atoms with Gasteiger partial charge in [0.25, 0.3) is 0 Å². The molecule has 94 valence electrons. The van der Waals surface area contributed by atoms with Crippen molar-refractivity contribution in [1.82, 2.24) is 4.90 Å². The van der Waals surface area contributed by atoms with Crippen LogP contribution in [-0.4, -0.2) is 29.7 Å². The quantitative estimate of drug-likeness (QED) is 0.541. The summed E-state index contributed by atoms with van der Waals surface area (Å²) in [7, 11) is 1.96. The van der Waals surface area contributed by atoms with Gasteiger partial charge in [0.05, 0.1) is 0 Å². The van der Waals surface area contributed by atoms with Crippen LogP contribution in [0.4, 0.5) is 0 Å². The van der Waals surface area contributed by atoms with E-state index in [0.717, 1.165) is 31.1 Å². The molecule has 0 aromatic carbocycles. The van der Waals surface area contributed by atoms with Crippen LogP contribution in [0.25, 0.3) is 0 Å². The molecule has 0 bridgehead atoms. The Morgan fingerprint density at radius 1 is 1.19 bits per heavy atom. The Balaban J connectivity index is 2.18. The summed E-state index contributed by atoms with van der Waals surface area (Å²) in [5, 5.41) is 1.08. The highest BCUT2D eigenvalue weighted by Crippen LogP contribution is 2.25. The molecule has 0 unspecified atom stereocenters. The Hall–Kier alpha value is -0.0500. The average molecular weight is 290 g/mol. The number of halogens is 1. The second-order valence-electron chi connectivity index (χ2n) is 4.84. The topological polar surface area (TPSA) is 20.3 Å². The number of rotatable bonds is 6. The van der Waals surface area contributed by atoms with Gasteiger partial charge in [-0.05, 0) is 25.7 Å². The molecule has 0 aromatic rings. The zero-order valence-corrected chi connectivity index (χ0v) is 12.0. The molecule has 1 fully saturated rings. The van der Waals surface area contributed by atoms with E-state index in [1.54, 1.807) is 0 Å². The predicted molar refractivity (Wildman–Crippen MR) is 71.9 cm³/mol. The van der Waals surface area contributed by atoms with Gasteiger partial charge >= 0.3 is 0 Å². The molecule has 16 heavy (non-hydrogen) atoms. The Kier molecular flexibility index (Phi) is 7.10. The fourth-order valence-electron chi connectivity index (χ4n) is 2.39. The molecule has 3 heteroatoms. The van der Waals surface area contributed by atoms with Gasteiger partial charge in [-0.3, -0.25) is 4.79 Å². The van der Waals surface area contributed by atoms with Gasteiger partial charge in [-0.1, -0.05) is 41.6 Å². The van der Waals surface area contributed by atoms with E-state index in [1.807, 2.05) is 11.9 Å². The van der Waals surface area contributed by atoms with Crippen LogP contribution in [0.3, 0.4) is 0 Å². The molecule has 1 aliphatic carbocycles. The number of amides is 1. The molecule has 1 saturated carbocycles. The number of hydrogen-bond acceptors (Lipinski definition) is 1. The van der Waals surface area contributed by atoms with E-state index in [-0.39, 0.29) is 0 Å². The molecule has 0 aromatic heterocycles. The number of nitrogens with zero attached hydrogens (tertiary/aromatic N) is 1. The van der Waals surface area contributed by atoms with E-state index in [0.29, 0.717) is 11.8 Å². The average Bonchev–Trinajstić information content (AvgIpc) is 2.34. The molecule has 1 aliphatic rings. The van der Waals surface area contributed by atoms with Gasteiger partial charge in [0.15, 0.2) is 0 Å². The summed E-state index contributed by atoms with van der Waals surface area (Å²) < 4.78 is 0. The first-order valence-corrected chi connectivity index (χ1v) is 7.69. The van der Waals surface area contributed by atoms with Crippen LogP contribution in [0.1, 0.15) is 51.4 Å². The van der Waals surface area contributed by atoms with Crippen molar-refractivity contribution >= 4 is 21.8 Å². The lowest BCUT2D eigenvalue weighted by atomic mass is 9.88. The lowest BCUT2D eigenvalue weighted by Gasteiger charge is -2.26. The molecule has 1 rings (SSSR count). The second-order valence-corrected chi connectivity index (χ2v) is 5.64. The molecule has 0 radical (unpaired) electrons. The highest BCUT2D eigenvalue weighted by molar-refractivity contribution is 9.09. The largest absolute Gasteiger partial charge is 0.346 e. The van der Waals surface area contributed by atoms with E-state index in [1.165, 1.54) is 32.1 Å². The molecular weight excluding hydrogens is 266 g/mol. The SMILES string of the molecule is CN(CCCCCBr)C(=O)C1CCCCC1. The minimum absolute atomic E-state index is 0.329. The summed E-state index contributed by atoms with van der Waals surface area (Å²) in [6.45, 7) is 0.933. The molecule has 0 heterocycles. The van der Waals surface area contributed by atoms with Crippen LogP contribution >= 0.6 is 15.9 Å². The molecular formula is C13H24BrNO. The van der Waals surface area contributed by atoms with Crippen LogP contribution in [-0.2, 0) is 4.79 Å². The van der Waals surface area contributed by atoms with Gasteiger partial charge in [0.2, 0.25) is 5.91 Å². The Labute approximate surface area is 108 Å². The van der Waals surface area contributed by atoms with E-state index in [9.17, 15) is 4.79 Å². The fourth-order valence-corrected chi connectivity index (χ4v) is 2.79. The Morgan fingerprint density at radius 2 is 1.88 bits per heavy atom. The van der Waals surface area contributed by atoms with Gasteiger partial charge in [-0.25, -0.2) is 0 Å². The maximum atomic E-state index is 12.1. The van der Waals surface area contributed by atoms with Crippen LogP contribution in [0.15, 0.2) is 0 Å². The highest BCUT2D eigenvalue weighted by atomic mass is 79.9. The van der Waals surface area contributed by atoms with E-state index in [2.05, 4.69) is 15.9 Å². The van der Waals surface area contributed by atoms with Crippen molar-refractivity contribution in [3.63, 3.8) is 0 Å². The zero-order valence-electron chi connectivity index (χ0n) is 10.4. The van der Waals surface area contributed by atoms with Crippen LogP contribution in [0.2, 0.25) is 0 Å². The summed E-state index contributed by atoms with van der Waals surface area (Å²) in [4.78, 5) is 14.0. The molecule has 0 saturated heterocycles. The first kappa shape index (κ1) is 14.0. The van der Waals surface area contributed by atoms with Crippen molar-refractivity contribution in [2.45, 2.75) is 51.4 Å².